The number of carbonyl (C=O) groups is 2. The molecule has 2 heterocycles. The summed E-state index contributed by atoms with van der Waals surface area (Å²) in [5, 5.41) is 7.95. The summed E-state index contributed by atoms with van der Waals surface area (Å²) in [6.07, 6.45) is 1.45. The molecule has 0 fully saturated rings. The van der Waals surface area contributed by atoms with Crippen molar-refractivity contribution in [1.82, 2.24) is 5.32 Å². The van der Waals surface area contributed by atoms with Crippen molar-refractivity contribution in [2.45, 2.75) is 19.9 Å². The minimum Gasteiger partial charge on any atom is -0.459 e. The Kier molecular flexibility index (Phi) is 6.00. The molecule has 0 aliphatic rings. The molecular formula is C25H22N2O3S. The number of amides is 2. The van der Waals surface area contributed by atoms with Crippen LogP contribution in [0.25, 0.3) is 0 Å². The fourth-order valence-electron chi connectivity index (χ4n) is 3.24. The van der Waals surface area contributed by atoms with Gasteiger partial charge in [-0.05, 0) is 60.7 Å². The van der Waals surface area contributed by atoms with Crippen LogP contribution in [0.1, 0.15) is 48.5 Å². The smallest absolute Gasteiger partial charge is 0.291 e. The molecule has 2 aromatic carbocycles. The number of furan rings is 1. The van der Waals surface area contributed by atoms with E-state index in [1.165, 1.54) is 6.26 Å². The first-order valence-electron chi connectivity index (χ1n) is 9.87. The molecule has 0 saturated heterocycles. The maximum atomic E-state index is 13.1. The fraction of sp³-hybridized carbons (Fsp3) is 0.120. The predicted molar refractivity (Wildman–Crippen MR) is 123 cm³/mol. The number of rotatable bonds is 6. The van der Waals surface area contributed by atoms with Crippen LogP contribution in [0.2, 0.25) is 0 Å². The van der Waals surface area contributed by atoms with Crippen LogP contribution >= 0.6 is 11.3 Å². The normalized spacial score (nSPS) is 11.7. The largest absolute Gasteiger partial charge is 0.459 e. The minimum absolute atomic E-state index is 0.214. The van der Waals surface area contributed by atoms with Crippen molar-refractivity contribution in [3.05, 3.63) is 111 Å². The number of hydrogen-bond acceptors (Lipinski definition) is 4. The Morgan fingerprint density at radius 3 is 2.42 bits per heavy atom. The van der Waals surface area contributed by atoms with Crippen LogP contribution in [0.3, 0.4) is 0 Å². The molecule has 0 aliphatic carbocycles. The van der Waals surface area contributed by atoms with Crippen molar-refractivity contribution in [3.63, 3.8) is 0 Å². The Morgan fingerprint density at radius 1 is 0.935 bits per heavy atom. The lowest BCUT2D eigenvalue weighted by Crippen LogP contribution is -2.29. The van der Waals surface area contributed by atoms with Gasteiger partial charge in [0.2, 0.25) is 0 Å². The highest BCUT2D eigenvalue weighted by molar-refractivity contribution is 7.10. The molecule has 156 valence electrons. The zero-order chi connectivity index (χ0) is 21.8. The van der Waals surface area contributed by atoms with Crippen molar-refractivity contribution < 1.29 is 14.0 Å². The predicted octanol–water partition coefficient (Wildman–Crippen LogP) is 5.73. The quantitative estimate of drug-likeness (QED) is 0.410. The summed E-state index contributed by atoms with van der Waals surface area (Å²) in [5.41, 5.74) is 4.06. The second kappa shape index (κ2) is 9.02. The number of carbonyl (C=O) groups excluding carboxylic acids is 2. The lowest BCUT2D eigenvalue weighted by Gasteiger charge is -2.19. The van der Waals surface area contributed by atoms with E-state index in [9.17, 15) is 9.59 Å². The van der Waals surface area contributed by atoms with Gasteiger partial charge in [0.05, 0.1) is 12.3 Å². The Balaban J connectivity index is 1.58. The molecule has 0 bridgehead atoms. The molecule has 2 amide bonds. The molecule has 6 heteroatoms. The molecule has 0 aliphatic heterocycles. The molecule has 4 rings (SSSR count). The van der Waals surface area contributed by atoms with Crippen molar-refractivity contribution in [1.29, 1.82) is 0 Å². The highest BCUT2D eigenvalue weighted by Crippen LogP contribution is 2.27. The second-order valence-electron chi connectivity index (χ2n) is 7.29. The van der Waals surface area contributed by atoms with Crippen LogP contribution in [0.15, 0.2) is 82.8 Å². The summed E-state index contributed by atoms with van der Waals surface area (Å²) >= 11 is 1.60. The van der Waals surface area contributed by atoms with E-state index < -0.39 is 0 Å². The van der Waals surface area contributed by atoms with Crippen LogP contribution in [0.4, 0.5) is 5.69 Å². The molecule has 0 spiro atoms. The highest BCUT2D eigenvalue weighted by Gasteiger charge is 2.20. The molecular weight excluding hydrogens is 408 g/mol. The third kappa shape index (κ3) is 4.75. The average molecular weight is 431 g/mol. The molecule has 0 saturated carbocycles. The fourth-order valence-corrected chi connectivity index (χ4v) is 4.04. The van der Waals surface area contributed by atoms with E-state index in [4.69, 9.17) is 4.42 Å². The SMILES string of the molecule is Cc1ccc(C(NC(=O)c2ccc(C)c(NC(=O)c3ccco3)c2)c2cccs2)cc1. The van der Waals surface area contributed by atoms with Crippen LogP contribution in [-0.4, -0.2) is 11.8 Å². The summed E-state index contributed by atoms with van der Waals surface area (Å²) in [5.74, 6) is -0.361. The van der Waals surface area contributed by atoms with E-state index in [0.29, 0.717) is 11.3 Å². The summed E-state index contributed by atoms with van der Waals surface area (Å²) in [6.45, 7) is 3.91. The molecule has 2 N–H and O–H groups in total. The average Bonchev–Trinajstić information content (AvgIpc) is 3.48. The monoisotopic (exact) mass is 430 g/mol. The zero-order valence-corrected chi connectivity index (χ0v) is 18.0. The molecule has 4 aromatic rings. The van der Waals surface area contributed by atoms with E-state index in [1.807, 2.05) is 61.7 Å². The molecule has 1 atom stereocenters. The van der Waals surface area contributed by atoms with Gasteiger partial charge in [-0.1, -0.05) is 42.0 Å². The first-order chi connectivity index (χ1) is 15.0. The summed E-state index contributed by atoms with van der Waals surface area (Å²) < 4.78 is 5.15. The second-order valence-corrected chi connectivity index (χ2v) is 8.27. The number of benzene rings is 2. The van der Waals surface area contributed by atoms with Gasteiger partial charge in [-0.3, -0.25) is 9.59 Å². The van der Waals surface area contributed by atoms with E-state index in [-0.39, 0.29) is 23.6 Å². The molecule has 2 aromatic heterocycles. The third-order valence-corrected chi connectivity index (χ3v) is 5.94. The lowest BCUT2D eigenvalue weighted by atomic mass is 10.0. The van der Waals surface area contributed by atoms with Crippen molar-refractivity contribution in [2.75, 3.05) is 5.32 Å². The van der Waals surface area contributed by atoms with E-state index in [0.717, 1.165) is 21.6 Å². The molecule has 1 unspecified atom stereocenters. The van der Waals surface area contributed by atoms with Gasteiger partial charge in [0, 0.05) is 16.1 Å². The standard InChI is InChI=1S/C25H22N2O3S/c1-16-7-10-18(11-8-16)23(22-6-4-14-31-22)27-24(28)19-12-9-17(2)20(15-19)26-25(29)21-5-3-13-30-21/h3-15,23H,1-2H3,(H,26,29)(H,27,28). The molecule has 5 nitrogen and oxygen atoms in total. The van der Waals surface area contributed by atoms with E-state index >= 15 is 0 Å². The van der Waals surface area contributed by atoms with Gasteiger partial charge >= 0.3 is 0 Å². The van der Waals surface area contributed by atoms with Crippen molar-refractivity contribution >= 4 is 28.8 Å². The van der Waals surface area contributed by atoms with E-state index in [2.05, 4.69) is 10.6 Å². The van der Waals surface area contributed by atoms with Gasteiger partial charge in [0.25, 0.3) is 11.8 Å². The lowest BCUT2D eigenvalue weighted by molar-refractivity contribution is 0.0941. The van der Waals surface area contributed by atoms with Gasteiger partial charge in [-0.2, -0.15) is 0 Å². The third-order valence-electron chi connectivity index (χ3n) is 5.01. The first-order valence-corrected chi connectivity index (χ1v) is 10.8. The van der Waals surface area contributed by atoms with Gasteiger partial charge in [0.15, 0.2) is 5.76 Å². The van der Waals surface area contributed by atoms with Crippen molar-refractivity contribution in [2.24, 2.45) is 0 Å². The Labute approximate surface area is 184 Å². The summed E-state index contributed by atoms with van der Waals surface area (Å²) in [7, 11) is 0. The maximum absolute atomic E-state index is 13.1. The Bertz CT molecular complexity index is 1180. The highest BCUT2D eigenvalue weighted by atomic mass is 32.1. The summed E-state index contributed by atoms with van der Waals surface area (Å²) in [4.78, 5) is 26.5. The Morgan fingerprint density at radius 2 is 1.74 bits per heavy atom. The Hall–Kier alpha value is -3.64. The van der Waals surface area contributed by atoms with Gasteiger partial charge in [0.1, 0.15) is 0 Å². The maximum Gasteiger partial charge on any atom is 0.291 e. The number of aryl methyl sites for hydroxylation is 2. The van der Waals surface area contributed by atoms with Gasteiger partial charge in [-0.15, -0.1) is 11.3 Å². The van der Waals surface area contributed by atoms with E-state index in [1.54, 1.807) is 35.6 Å². The van der Waals surface area contributed by atoms with Gasteiger partial charge < -0.3 is 15.1 Å². The van der Waals surface area contributed by atoms with Crippen molar-refractivity contribution in [3.8, 4) is 0 Å². The number of hydrogen-bond donors (Lipinski definition) is 2. The molecule has 31 heavy (non-hydrogen) atoms. The minimum atomic E-state index is -0.359. The number of thiophene rings is 1. The molecule has 0 radical (unpaired) electrons. The van der Waals surface area contributed by atoms with Gasteiger partial charge in [-0.25, -0.2) is 0 Å². The van der Waals surface area contributed by atoms with Crippen LogP contribution in [0, 0.1) is 13.8 Å². The topological polar surface area (TPSA) is 71.3 Å². The first kappa shape index (κ1) is 20.6. The van der Waals surface area contributed by atoms with Crippen LogP contribution in [-0.2, 0) is 0 Å². The number of nitrogens with one attached hydrogen (secondary N) is 2. The number of anilines is 1. The summed E-state index contributed by atoms with van der Waals surface area (Å²) in [6, 6.07) is 20.4. The van der Waals surface area contributed by atoms with Crippen LogP contribution in [0.5, 0.6) is 0 Å². The van der Waals surface area contributed by atoms with Crippen LogP contribution < -0.4 is 10.6 Å². The zero-order valence-electron chi connectivity index (χ0n) is 17.2.